The number of nitrogens with zero attached hydrogens (tertiary/aromatic N) is 1. The Balaban J connectivity index is 2.29. The van der Waals surface area contributed by atoms with Crippen LogP contribution < -0.4 is 5.32 Å². The molecular formula is C13H26N2O2. The summed E-state index contributed by atoms with van der Waals surface area (Å²) in [4.78, 5) is 14.1. The van der Waals surface area contributed by atoms with Gasteiger partial charge in [-0.2, -0.15) is 0 Å². The Labute approximate surface area is 104 Å². The lowest BCUT2D eigenvalue weighted by Crippen LogP contribution is -2.45. The summed E-state index contributed by atoms with van der Waals surface area (Å²) in [5, 5.41) is 12.3. The molecule has 1 aliphatic rings. The van der Waals surface area contributed by atoms with Crippen LogP contribution in [0.25, 0.3) is 0 Å². The van der Waals surface area contributed by atoms with E-state index in [1.807, 2.05) is 11.8 Å². The first-order valence-electron chi connectivity index (χ1n) is 6.81. The summed E-state index contributed by atoms with van der Waals surface area (Å²) in [5.41, 5.74) is 0. The van der Waals surface area contributed by atoms with E-state index in [9.17, 15) is 4.79 Å². The summed E-state index contributed by atoms with van der Waals surface area (Å²) in [6.07, 6.45) is 5.14. The van der Waals surface area contributed by atoms with Crippen molar-refractivity contribution in [1.29, 1.82) is 0 Å². The Morgan fingerprint density at radius 1 is 1.24 bits per heavy atom. The van der Waals surface area contributed by atoms with E-state index >= 15 is 0 Å². The molecule has 4 nitrogen and oxygen atoms in total. The lowest BCUT2D eigenvalue weighted by atomic mass is 10.2. The fourth-order valence-corrected chi connectivity index (χ4v) is 2.16. The van der Waals surface area contributed by atoms with Crippen molar-refractivity contribution in [1.82, 2.24) is 10.2 Å². The van der Waals surface area contributed by atoms with Crippen molar-refractivity contribution in [2.75, 3.05) is 19.6 Å². The molecule has 0 bridgehead atoms. The summed E-state index contributed by atoms with van der Waals surface area (Å²) >= 11 is 0. The third kappa shape index (κ3) is 5.50. The second-order valence-corrected chi connectivity index (χ2v) is 5.05. The lowest BCUT2D eigenvalue weighted by molar-refractivity contribution is -0.133. The minimum Gasteiger partial charge on any atom is -0.393 e. The van der Waals surface area contributed by atoms with Gasteiger partial charge in [0.2, 0.25) is 5.91 Å². The molecule has 1 heterocycles. The Kier molecular flexibility index (Phi) is 6.52. The third-order valence-electron chi connectivity index (χ3n) is 3.30. The van der Waals surface area contributed by atoms with Gasteiger partial charge >= 0.3 is 0 Å². The largest absolute Gasteiger partial charge is 0.393 e. The van der Waals surface area contributed by atoms with E-state index in [-0.39, 0.29) is 18.1 Å². The molecule has 2 unspecified atom stereocenters. The molecule has 0 aliphatic carbocycles. The van der Waals surface area contributed by atoms with Gasteiger partial charge in [-0.1, -0.05) is 12.8 Å². The predicted octanol–water partition coefficient (Wildman–Crippen LogP) is 1.14. The van der Waals surface area contributed by atoms with Gasteiger partial charge in [0.15, 0.2) is 0 Å². The highest BCUT2D eigenvalue weighted by molar-refractivity contribution is 5.81. The smallest absolute Gasteiger partial charge is 0.239 e. The van der Waals surface area contributed by atoms with E-state index < -0.39 is 0 Å². The van der Waals surface area contributed by atoms with Crippen LogP contribution in [0.15, 0.2) is 0 Å². The van der Waals surface area contributed by atoms with Gasteiger partial charge in [0.1, 0.15) is 0 Å². The van der Waals surface area contributed by atoms with Crippen molar-refractivity contribution in [3.63, 3.8) is 0 Å². The first-order chi connectivity index (χ1) is 8.11. The average Bonchev–Trinajstić information content (AvgIpc) is 2.55. The highest BCUT2D eigenvalue weighted by Crippen LogP contribution is 2.10. The summed E-state index contributed by atoms with van der Waals surface area (Å²) in [6.45, 7) is 6.18. The van der Waals surface area contributed by atoms with Crippen LogP contribution in [0.4, 0.5) is 0 Å². The first-order valence-corrected chi connectivity index (χ1v) is 6.81. The van der Waals surface area contributed by atoms with Gasteiger partial charge < -0.3 is 15.3 Å². The number of carbonyl (C=O) groups excluding carboxylic acids is 1. The average molecular weight is 242 g/mol. The molecule has 2 N–H and O–H groups in total. The SMILES string of the molecule is CC(O)CCNC(C)C(=O)N1CCCCCC1. The van der Waals surface area contributed by atoms with E-state index in [0.717, 1.165) is 25.9 Å². The van der Waals surface area contributed by atoms with Crippen molar-refractivity contribution >= 4 is 5.91 Å². The van der Waals surface area contributed by atoms with Gasteiger partial charge in [-0.25, -0.2) is 0 Å². The number of rotatable bonds is 5. The number of hydrogen-bond acceptors (Lipinski definition) is 3. The minimum absolute atomic E-state index is 0.133. The molecule has 100 valence electrons. The van der Waals surface area contributed by atoms with Gasteiger partial charge in [0.05, 0.1) is 12.1 Å². The lowest BCUT2D eigenvalue weighted by Gasteiger charge is -2.24. The minimum atomic E-state index is -0.303. The molecule has 0 spiro atoms. The quantitative estimate of drug-likeness (QED) is 0.760. The van der Waals surface area contributed by atoms with Crippen LogP contribution in [0.3, 0.4) is 0 Å². The zero-order valence-corrected chi connectivity index (χ0v) is 11.1. The molecule has 1 aliphatic heterocycles. The Hall–Kier alpha value is -0.610. The van der Waals surface area contributed by atoms with E-state index in [1.165, 1.54) is 12.8 Å². The normalized spacial score (nSPS) is 20.8. The molecule has 0 aromatic rings. The molecule has 1 fully saturated rings. The number of hydrogen-bond donors (Lipinski definition) is 2. The van der Waals surface area contributed by atoms with Crippen LogP contribution in [0, 0.1) is 0 Å². The highest BCUT2D eigenvalue weighted by Gasteiger charge is 2.20. The van der Waals surface area contributed by atoms with Crippen molar-refractivity contribution < 1.29 is 9.90 Å². The zero-order chi connectivity index (χ0) is 12.7. The molecule has 0 aromatic heterocycles. The number of nitrogens with one attached hydrogen (secondary N) is 1. The Morgan fingerprint density at radius 2 is 1.82 bits per heavy atom. The summed E-state index contributed by atoms with van der Waals surface area (Å²) in [7, 11) is 0. The molecular weight excluding hydrogens is 216 g/mol. The fraction of sp³-hybridized carbons (Fsp3) is 0.923. The maximum Gasteiger partial charge on any atom is 0.239 e. The molecule has 2 atom stereocenters. The van der Waals surface area contributed by atoms with E-state index in [0.29, 0.717) is 13.0 Å². The maximum atomic E-state index is 12.1. The van der Waals surface area contributed by atoms with E-state index in [1.54, 1.807) is 6.92 Å². The third-order valence-corrected chi connectivity index (χ3v) is 3.30. The van der Waals surface area contributed by atoms with Gasteiger partial charge in [0.25, 0.3) is 0 Å². The number of carbonyl (C=O) groups is 1. The van der Waals surface area contributed by atoms with Crippen LogP contribution in [-0.2, 0) is 4.79 Å². The molecule has 1 saturated heterocycles. The van der Waals surface area contributed by atoms with Crippen LogP contribution in [0.5, 0.6) is 0 Å². The monoisotopic (exact) mass is 242 g/mol. The van der Waals surface area contributed by atoms with Crippen molar-refractivity contribution in [3.05, 3.63) is 0 Å². The standard InChI is InChI=1S/C13H26N2O2/c1-11(16)7-8-14-12(2)13(17)15-9-5-3-4-6-10-15/h11-12,14,16H,3-10H2,1-2H3. The topological polar surface area (TPSA) is 52.6 Å². The van der Waals surface area contributed by atoms with Crippen LogP contribution in [0.2, 0.25) is 0 Å². The fourth-order valence-electron chi connectivity index (χ4n) is 2.16. The molecule has 1 rings (SSSR count). The molecule has 0 saturated carbocycles. The second kappa shape index (κ2) is 7.67. The predicted molar refractivity (Wildman–Crippen MR) is 68.8 cm³/mol. The van der Waals surface area contributed by atoms with Crippen LogP contribution in [-0.4, -0.2) is 47.7 Å². The molecule has 0 radical (unpaired) electrons. The zero-order valence-electron chi connectivity index (χ0n) is 11.1. The number of aliphatic hydroxyl groups is 1. The summed E-state index contributed by atoms with van der Waals surface area (Å²) in [5.74, 6) is 0.206. The number of likely N-dealkylation sites (tertiary alicyclic amines) is 1. The van der Waals surface area contributed by atoms with E-state index in [2.05, 4.69) is 5.32 Å². The van der Waals surface area contributed by atoms with E-state index in [4.69, 9.17) is 5.11 Å². The first kappa shape index (κ1) is 14.5. The van der Waals surface area contributed by atoms with Crippen molar-refractivity contribution in [3.8, 4) is 0 Å². The molecule has 0 aromatic carbocycles. The summed E-state index contributed by atoms with van der Waals surface area (Å²) in [6, 6.07) is -0.133. The second-order valence-electron chi connectivity index (χ2n) is 5.05. The number of amides is 1. The Morgan fingerprint density at radius 3 is 2.35 bits per heavy atom. The van der Waals surface area contributed by atoms with Crippen molar-refractivity contribution in [2.24, 2.45) is 0 Å². The highest BCUT2D eigenvalue weighted by atomic mass is 16.3. The van der Waals surface area contributed by atoms with Gasteiger partial charge in [-0.05, 0) is 39.7 Å². The van der Waals surface area contributed by atoms with Crippen LogP contribution >= 0.6 is 0 Å². The van der Waals surface area contributed by atoms with Gasteiger partial charge in [0, 0.05) is 13.1 Å². The molecule has 17 heavy (non-hydrogen) atoms. The number of aliphatic hydroxyl groups excluding tert-OH is 1. The van der Waals surface area contributed by atoms with Gasteiger partial charge in [-0.15, -0.1) is 0 Å². The van der Waals surface area contributed by atoms with Crippen LogP contribution in [0.1, 0.15) is 46.0 Å². The Bertz CT molecular complexity index is 223. The van der Waals surface area contributed by atoms with Gasteiger partial charge in [-0.3, -0.25) is 4.79 Å². The molecule has 1 amide bonds. The maximum absolute atomic E-state index is 12.1. The van der Waals surface area contributed by atoms with Crippen molar-refractivity contribution in [2.45, 2.75) is 58.1 Å². The summed E-state index contributed by atoms with van der Waals surface area (Å²) < 4.78 is 0. The molecule has 4 heteroatoms.